The van der Waals surface area contributed by atoms with Gasteiger partial charge in [0.2, 0.25) is 6.29 Å². The highest BCUT2D eigenvalue weighted by Gasteiger charge is 2.28. The van der Waals surface area contributed by atoms with Gasteiger partial charge < -0.3 is 28.4 Å². The van der Waals surface area contributed by atoms with Gasteiger partial charge in [0.15, 0.2) is 12.6 Å². The molecule has 0 aromatic carbocycles. The van der Waals surface area contributed by atoms with E-state index in [2.05, 4.69) is 6.08 Å². The number of esters is 1. The second-order valence-corrected chi connectivity index (χ2v) is 6.38. The van der Waals surface area contributed by atoms with E-state index < -0.39 is 12.6 Å². The number of carbonyl (C=O) groups is 1. The van der Waals surface area contributed by atoms with E-state index in [9.17, 15) is 4.79 Å². The zero-order valence-corrected chi connectivity index (χ0v) is 15.1. The molecule has 144 valence electrons. The average molecular weight is 366 g/mol. The van der Waals surface area contributed by atoms with Crippen molar-refractivity contribution in [3.05, 3.63) is 36.5 Å². The van der Waals surface area contributed by atoms with Gasteiger partial charge in [-0.3, -0.25) is 4.79 Å². The summed E-state index contributed by atoms with van der Waals surface area (Å²) in [7, 11) is 0. The molecule has 0 saturated heterocycles. The van der Waals surface area contributed by atoms with Crippen LogP contribution in [0.4, 0.5) is 0 Å². The summed E-state index contributed by atoms with van der Waals surface area (Å²) in [6.45, 7) is 4.24. The summed E-state index contributed by atoms with van der Waals surface area (Å²) in [4.78, 5) is 11.1. The Balaban J connectivity index is 1.43. The Morgan fingerprint density at radius 2 is 1.92 bits per heavy atom. The molecule has 0 amide bonds. The monoisotopic (exact) mass is 366 g/mol. The van der Waals surface area contributed by atoms with Crippen molar-refractivity contribution in [2.75, 3.05) is 13.2 Å². The molecule has 2 unspecified atom stereocenters. The Morgan fingerprint density at radius 1 is 1.08 bits per heavy atom. The minimum absolute atomic E-state index is 0.152. The molecule has 26 heavy (non-hydrogen) atoms. The lowest BCUT2D eigenvalue weighted by atomic mass is 10.1. The quantitative estimate of drug-likeness (QED) is 0.527. The van der Waals surface area contributed by atoms with E-state index in [1.807, 2.05) is 37.3 Å². The minimum Gasteiger partial charge on any atom is -0.436 e. The van der Waals surface area contributed by atoms with E-state index in [0.717, 1.165) is 6.42 Å². The van der Waals surface area contributed by atoms with Gasteiger partial charge in [-0.1, -0.05) is 30.4 Å². The minimum atomic E-state index is -0.571. The van der Waals surface area contributed by atoms with Crippen LogP contribution in [0.3, 0.4) is 0 Å². The molecule has 0 saturated carbocycles. The maximum Gasteiger partial charge on any atom is 0.304 e. The van der Waals surface area contributed by atoms with E-state index >= 15 is 0 Å². The smallest absolute Gasteiger partial charge is 0.304 e. The maximum absolute atomic E-state index is 11.1. The van der Waals surface area contributed by atoms with Crippen LogP contribution in [-0.2, 0) is 33.2 Å². The fourth-order valence-corrected chi connectivity index (χ4v) is 2.90. The number of carbonyl (C=O) groups excluding carboxylic acids is 1. The van der Waals surface area contributed by atoms with Crippen molar-refractivity contribution in [1.29, 1.82) is 0 Å². The van der Waals surface area contributed by atoms with Crippen LogP contribution in [0.25, 0.3) is 0 Å². The Kier molecular flexibility index (Phi) is 6.99. The van der Waals surface area contributed by atoms with Gasteiger partial charge in [0, 0.05) is 19.8 Å². The molecule has 3 aliphatic rings. The van der Waals surface area contributed by atoms with Gasteiger partial charge in [-0.25, -0.2) is 0 Å². The second-order valence-electron chi connectivity index (χ2n) is 6.38. The van der Waals surface area contributed by atoms with Crippen LogP contribution in [0.2, 0.25) is 0 Å². The first-order valence-electron chi connectivity index (χ1n) is 8.97. The molecule has 7 nitrogen and oxygen atoms in total. The van der Waals surface area contributed by atoms with E-state index in [1.165, 1.54) is 6.92 Å². The van der Waals surface area contributed by atoms with E-state index in [-0.39, 0.29) is 30.6 Å². The largest absolute Gasteiger partial charge is 0.436 e. The third-order valence-corrected chi connectivity index (χ3v) is 4.18. The molecule has 0 aromatic rings. The fraction of sp³-hybridized carbons (Fsp3) is 0.632. The normalized spacial score (nSPS) is 35.2. The highest BCUT2D eigenvalue weighted by Crippen LogP contribution is 2.21. The highest BCUT2D eigenvalue weighted by molar-refractivity contribution is 5.66. The van der Waals surface area contributed by atoms with Gasteiger partial charge >= 0.3 is 5.97 Å². The van der Waals surface area contributed by atoms with Gasteiger partial charge in [0.1, 0.15) is 12.2 Å². The van der Waals surface area contributed by atoms with E-state index in [0.29, 0.717) is 19.6 Å². The lowest BCUT2D eigenvalue weighted by Gasteiger charge is -2.32. The summed E-state index contributed by atoms with van der Waals surface area (Å²) < 4.78 is 33.8. The standard InChI is InChI=1S/C19H26O7/c1-13(16-6-5-8-19(26-16)24-14(2)20)23-18-10-9-15(12-22-18)25-17-7-3-4-11-21-17/h3-6,9-10,13,15-19H,7-8,11-12H2,1-2H3/t13-,15-,16-,17?,18-,19?/m0/s1. The zero-order valence-electron chi connectivity index (χ0n) is 15.1. The highest BCUT2D eigenvalue weighted by atomic mass is 16.7. The molecule has 3 aliphatic heterocycles. The Labute approximate surface area is 153 Å². The molecule has 3 rings (SSSR count). The third kappa shape index (κ3) is 5.75. The Bertz CT molecular complexity index is 556. The van der Waals surface area contributed by atoms with Crippen molar-refractivity contribution in [3.63, 3.8) is 0 Å². The molecule has 0 spiro atoms. The van der Waals surface area contributed by atoms with Crippen LogP contribution < -0.4 is 0 Å². The third-order valence-electron chi connectivity index (χ3n) is 4.18. The van der Waals surface area contributed by atoms with Crippen LogP contribution in [0.5, 0.6) is 0 Å². The summed E-state index contributed by atoms with van der Waals surface area (Å²) in [5.74, 6) is -0.361. The molecule has 0 bridgehead atoms. The first-order chi connectivity index (χ1) is 12.6. The van der Waals surface area contributed by atoms with E-state index in [1.54, 1.807) is 0 Å². The molecular weight excluding hydrogens is 340 g/mol. The molecule has 7 heteroatoms. The van der Waals surface area contributed by atoms with Gasteiger partial charge in [0.25, 0.3) is 0 Å². The second kappa shape index (κ2) is 9.43. The van der Waals surface area contributed by atoms with Crippen molar-refractivity contribution in [2.45, 2.75) is 63.9 Å². The van der Waals surface area contributed by atoms with Crippen molar-refractivity contribution < 1.29 is 33.2 Å². The number of hydrogen-bond acceptors (Lipinski definition) is 7. The molecule has 0 N–H and O–H groups in total. The molecule has 0 radical (unpaired) electrons. The summed E-state index contributed by atoms with van der Waals surface area (Å²) >= 11 is 0. The number of hydrogen-bond donors (Lipinski definition) is 0. The number of rotatable bonds is 6. The molecule has 6 atom stereocenters. The predicted octanol–water partition coefficient (Wildman–Crippen LogP) is 2.23. The van der Waals surface area contributed by atoms with Crippen molar-refractivity contribution in [1.82, 2.24) is 0 Å². The SMILES string of the molecule is CC(=O)OC1CC=C[C@@H]([C@H](C)O[C@H]2C=C[C@H](OC3CC=CCO3)CO2)O1. The van der Waals surface area contributed by atoms with Gasteiger partial charge in [0.05, 0.1) is 19.3 Å². The van der Waals surface area contributed by atoms with Crippen molar-refractivity contribution >= 4 is 5.97 Å². The summed E-state index contributed by atoms with van der Waals surface area (Å²) in [5, 5.41) is 0. The van der Waals surface area contributed by atoms with Crippen LogP contribution in [0.1, 0.15) is 26.7 Å². The van der Waals surface area contributed by atoms with Crippen molar-refractivity contribution in [2.24, 2.45) is 0 Å². The topological polar surface area (TPSA) is 72.5 Å². The van der Waals surface area contributed by atoms with Crippen LogP contribution in [0.15, 0.2) is 36.5 Å². The lowest BCUT2D eigenvalue weighted by molar-refractivity contribution is -0.226. The van der Waals surface area contributed by atoms with Crippen molar-refractivity contribution in [3.8, 4) is 0 Å². The molecule has 0 fully saturated rings. The number of ether oxygens (including phenoxy) is 6. The van der Waals surface area contributed by atoms with Gasteiger partial charge in [-0.05, 0) is 13.0 Å². The molecule has 3 heterocycles. The summed E-state index contributed by atoms with van der Waals surface area (Å²) in [6, 6.07) is 0. The molecule has 0 aromatic heterocycles. The summed E-state index contributed by atoms with van der Waals surface area (Å²) in [5.41, 5.74) is 0. The summed E-state index contributed by atoms with van der Waals surface area (Å²) in [6.07, 6.45) is 10.9. The predicted molar refractivity (Wildman–Crippen MR) is 92.0 cm³/mol. The van der Waals surface area contributed by atoms with Gasteiger partial charge in [-0.15, -0.1) is 0 Å². The Morgan fingerprint density at radius 3 is 2.62 bits per heavy atom. The maximum atomic E-state index is 11.1. The van der Waals surface area contributed by atoms with Crippen LogP contribution >= 0.6 is 0 Å². The zero-order chi connectivity index (χ0) is 18.4. The Hall–Kier alpha value is -1.51. The van der Waals surface area contributed by atoms with E-state index in [4.69, 9.17) is 28.4 Å². The lowest BCUT2D eigenvalue weighted by Crippen LogP contribution is -2.39. The molecule has 0 aliphatic carbocycles. The first-order valence-corrected chi connectivity index (χ1v) is 8.97. The fourth-order valence-electron chi connectivity index (χ4n) is 2.90. The average Bonchev–Trinajstić information content (AvgIpc) is 2.64. The van der Waals surface area contributed by atoms with Gasteiger partial charge in [-0.2, -0.15) is 0 Å². The van der Waals surface area contributed by atoms with Crippen LogP contribution in [-0.4, -0.2) is 56.4 Å². The first kappa shape index (κ1) is 19.3. The van der Waals surface area contributed by atoms with Crippen LogP contribution in [0, 0.1) is 0 Å². The molecular formula is C19H26O7.